The highest BCUT2D eigenvalue weighted by atomic mass is 35.5. The topological polar surface area (TPSA) is 76.8 Å². The summed E-state index contributed by atoms with van der Waals surface area (Å²) < 4.78 is 29.4. The molecule has 3 aromatic rings. The first kappa shape index (κ1) is 26.1. The predicted octanol–water partition coefficient (Wildman–Crippen LogP) is 6.20. The second-order valence-electron chi connectivity index (χ2n) is 11.2. The molecule has 2 aromatic carbocycles. The van der Waals surface area contributed by atoms with E-state index in [1.54, 1.807) is 19.1 Å². The number of nitrogens with zero attached hydrogens (tertiary/aromatic N) is 3. The van der Waals surface area contributed by atoms with Crippen molar-refractivity contribution in [3.63, 3.8) is 0 Å². The minimum absolute atomic E-state index is 0.246. The van der Waals surface area contributed by atoms with Gasteiger partial charge in [0.05, 0.1) is 18.0 Å². The number of imidazole rings is 1. The maximum Gasteiger partial charge on any atom is 0.306 e. The van der Waals surface area contributed by atoms with Crippen LogP contribution in [0.15, 0.2) is 42.6 Å². The third-order valence-corrected chi connectivity index (χ3v) is 8.98. The van der Waals surface area contributed by atoms with Crippen LogP contribution in [0.25, 0.3) is 0 Å². The first-order chi connectivity index (χ1) is 18.7. The van der Waals surface area contributed by atoms with Crippen LogP contribution in [0.1, 0.15) is 73.5 Å². The number of fused-ring (bicyclic) bond motifs is 1. The molecule has 1 aliphatic carbocycles. The summed E-state index contributed by atoms with van der Waals surface area (Å²) in [6.07, 6.45) is 6.19. The van der Waals surface area contributed by atoms with E-state index in [1.807, 2.05) is 25.4 Å². The largest absolute Gasteiger partial charge is 0.481 e. The Hall–Kier alpha value is -3.10. The zero-order valence-corrected chi connectivity index (χ0v) is 23.0. The van der Waals surface area contributed by atoms with Gasteiger partial charge in [-0.2, -0.15) is 0 Å². The molecular formula is C30H33ClFN3O4. The molecule has 3 unspecified atom stereocenters. The standard InChI is InChI=1S/C30H33ClFN3O4/c1-30(23-9-8-21(31)15-24(23)32)38-26-5-3-4-22(28(26)39-30)18-10-12-35(13-11-18)17-27-33-16-25(34(27)2)19-6-7-20(14-19)29(36)37/h3-5,8-9,15-16,18-20H,6-7,10-14,17H2,1-2H3,(H,36,37). The number of benzene rings is 2. The third kappa shape index (κ3) is 4.89. The van der Waals surface area contributed by atoms with Crippen LogP contribution in [0, 0.1) is 11.7 Å². The Morgan fingerprint density at radius 1 is 1.15 bits per heavy atom. The second-order valence-corrected chi connectivity index (χ2v) is 11.6. The molecule has 0 amide bonds. The Bertz CT molecular complexity index is 1400. The quantitative estimate of drug-likeness (QED) is 0.391. The Balaban J connectivity index is 1.11. The number of likely N-dealkylation sites (tertiary alicyclic amines) is 1. The van der Waals surface area contributed by atoms with Gasteiger partial charge in [0.2, 0.25) is 0 Å². The van der Waals surface area contributed by atoms with Gasteiger partial charge in [-0.05, 0) is 75.4 Å². The third-order valence-electron chi connectivity index (χ3n) is 8.74. The van der Waals surface area contributed by atoms with Gasteiger partial charge in [-0.3, -0.25) is 9.69 Å². The highest BCUT2D eigenvalue weighted by Gasteiger charge is 2.43. The summed E-state index contributed by atoms with van der Waals surface area (Å²) in [6, 6.07) is 10.5. The number of ether oxygens (including phenoxy) is 2. The Labute approximate surface area is 232 Å². The van der Waals surface area contributed by atoms with Crippen LogP contribution in [-0.4, -0.2) is 38.6 Å². The Morgan fingerprint density at radius 3 is 2.67 bits per heavy atom. The molecule has 0 radical (unpaired) electrons. The SMILES string of the molecule is Cn1c(C2CCC(C(=O)O)C2)cnc1CN1CCC(c2cccc3c2OC(C)(c2ccc(Cl)cc2F)O3)CC1. The van der Waals surface area contributed by atoms with Gasteiger partial charge >= 0.3 is 5.97 Å². The first-order valence-electron chi connectivity index (χ1n) is 13.6. The van der Waals surface area contributed by atoms with Gasteiger partial charge in [0.15, 0.2) is 11.5 Å². The lowest BCUT2D eigenvalue weighted by Crippen LogP contribution is -2.34. The molecule has 3 aliphatic rings. The van der Waals surface area contributed by atoms with Crippen LogP contribution in [0.2, 0.25) is 5.02 Å². The van der Waals surface area contributed by atoms with E-state index in [2.05, 4.69) is 15.5 Å². The molecule has 1 saturated carbocycles. The molecule has 0 bridgehead atoms. The van der Waals surface area contributed by atoms with Gasteiger partial charge in [-0.15, -0.1) is 0 Å². The highest BCUT2D eigenvalue weighted by Crippen LogP contribution is 2.50. The van der Waals surface area contributed by atoms with Crippen molar-refractivity contribution in [2.45, 2.75) is 63.2 Å². The number of carbonyl (C=O) groups is 1. The average Bonchev–Trinajstić information content (AvgIpc) is 3.61. The fourth-order valence-electron chi connectivity index (χ4n) is 6.50. The number of rotatable bonds is 6. The van der Waals surface area contributed by atoms with Gasteiger partial charge < -0.3 is 19.1 Å². The van der Waals surface area contributed by atoms with Crippen LogP contribution >= 0.6 is 11.6 Å². The highest BCUT2D eigenvalue weighted by molar-refractivity contribution is 6.30. The molecule has 2 fully saturated rings. The van der Waals surface area contributed by atoms with Gasteiger partial charge in [0.1, 0.15) is 11.6 Å². The zero-order valence-electron chi connectivity index (χ0n) is 22.2. The maximum atomic E-state index is 14.7. The molecule has 3 atom stereocenters. The van der Waals surface area contributed by atoms with Crippen LogP contribution < -0.4 is 9.47 Å². The fourth-order valence-corrected chi connectivity index (χ4v) is 6.66. The number of hydrogen-bond donors (Lipinski definition) is 1. The smallest absolute Gasteiger partial charge is 0.306 e. The number of carboxylic acid groups (broad SMARTS) is 1. The van der Waals surface area contributed by atoms with Gasteiger partial charge in [0, 0.05) is 42.4 Å². The lowest BCUT2D eigenvalue weighted by atomic mass is 9.88. The van der Waals surface area contributed by atoms with Crippen molar-refractivity contribution in [3.8, 4) is 11.5 Å². The molecule has 3 heterocycles. The first-order valence-corrected chi connectivity index (χ1v) is 14.0. The van der Waals surface area contributed by atoms with E-state index in [1.165, 1.54) is 6.07 Å². The van der Waals surface area contributed by atoms with Crippen molar-refractivity contribution in [1.82, 2.24) is 14.5 Å². The maximum absolute atomic E-state index is 14.7. The van der Waals surface area contributed by atoms with Crippen molar-refractivity contribution in [1.29, 1.82) is 0 Å². The summed E-state index contributed by atoms with van der Waals surface area (Å²) in [6.45, 7) is 4.34. The molecule has 2 aliphatic heterocycles. The van der Waals surface area contributed by atoms with E-state index in [-0.39, 0.29) is 11.8 Å². The van der Waals surface area contributed by atoms with E-state index in [9.17, 15) is 14.3 Å². The molecule has 7 nitrogen and oxygen atoms in total. The van der Waals surface area contributed by atoms with Gasteiger partial charge in [0.25, 0.3) is 5.79 Å². The molecule has 1 saturated heterocycles. The molecular weight excluding hydrogens is 521 g/mol. The van der Waals surface area contributed by atoms with Crippen LogP contribution in [-0.2, 0) is 24.2 Å². The van der Waals surface area contributed by atoms with Crippen molar-refractivity contribution in [2.75, 3.05) is 13.1 Å². The average molecular weight is 554 g/mol. The van der Waals surface area contributed by atoms with E-state index in [0.717, 1.165) is 62.4 Å². The lowest BCUT2D eigenvalue weighted by molar-refractivity contribution is -0.141. The Morgan fingerprint density at radius 2 is 1.95 bits per heavy atom. The molecule has 39 heavy (non-hydrogen) atoms. The summed E-state index contributed by atoms with van der Waals surface area (Å²) >= 11 is 5.95. The second kappa shape index (κ2) is 10.1. The summed E-state index contributed by atoms with van der Waals surface area (Å²) in [5.74, 6) is 0.253. The zero-order chi connectivity index (χ0) is 27.3. The molecule has 1 aromatic heterocycles. The number of carboxylic acids is 1. The number of aliphatic carboxylic acids is 1. The summed E-state index contributed by atoms with van der Waals surface area (Å²) in [7, 11) is 2.05. The van der Waals surface area contributed by atoms with E-state index >= 15 is 0 Å². The minimum Gasteiger partial charge on any atom is -0.481 e. The van der Waals surface area contributed by atoms with Crippen LogP contribution in [0.4, 0.5) is 4.39 Å². The van der Waals surface area contributed by atoms with E-state index < -0.39 is 17.6 Å². The normalized spacial score (nSPS) is 25.3. The summed E-state index contributed by atoms with van der Waals surface area (Å²) in [4.78, 5) is 18.5. The number of piperidine rings is 1. The fraction of sp³-hybridized carbons (Fsp3) is 0.467. The van der Waals surface area contributed by atoms with Crippen molar-refractivity contribution < 1.29 is 23.8 Å². The van der Waals surface area contributed by atoms with Gasteiger partial charge in [-0.1, -0.05) is 23.7 Å². The molecule has 206 valence electrons. The Kier molecular flexibility index (Phi) is 6.79. The van der Waals surface area contributed by atoms with E-state index in [0.29, 0.717) is 34.4 Å². The van der Waals surface area contributed by atoms with Crippen molar-refractivity contribution in [2.24, 2.45) is 13.0 Å². The lowest BCUT2D eigenvalue weighted by Gasteiger charge is -2.32. The molecule has 9 heteroatoms. The van der Waals surface area contributed by atoms with Crippen molar-refractivity contribution >= 4 is 17.6 Å². The predicted molar refractivity (Wildman–Crippen MR) is 145 cm³/mol. The number of halogens is 2. The minimum atomic E-state index is -1.26. The molecule has 0 spiro atoms. The van der Waals surface area contributed by atoms with Crippen LogP contribution in [0.3, 0.4) is 0 Å². The molecule has 6 rings (SSSR count). The summed E-state index contributed by atoms with van der Waals surface area (Å²) in [5, 5.41) is 9.69. The van der Waals surface area contributed by atoms with Crippen molar-refractivity contribution in [3.05, 3.63) is 76.1 Å². The molecule has 1 N–H and O–H groups in total. The van der Waals surface area contributed by atoms with E-state index in [4.69, 9.17) is 26.1 Å². The number of para-hydroxylation sites is 1. The number of aromatic nitrogens is 2. The summed E-state index contributed by atoms with van der Waals surface area (Å²) in [5.41, 5.74) is 2.55. The van der Waals surface area contributed by atoms with Crippen LogP contribution in [0.5, 0.6) is 11.5 Å². The monoisotopic (exact) mass is 553 g/mol. The van der Waals surface area contributed by atoms with Gasteiger partial charge in [-0.25, -0.2) is 9.37 Å². The number of hydrogen-bond acceptors (Lipinski definition) is 5.